The summed E-state index contributed by atoms with van der Waals surface area (Å²) in [5.41, 5.74) is 0. The number of nitrogens with zero attached hydrogens (tertiary/aromatic N) is 2. The predicted molar refractivity (Wildman–Crippen MR) is 87.3 cm³/mol. The highest BCUT2D eigenvalue weighted by molar-refractivity contribution is 5.78. The molecule has 1 amide bonds. The highest BCUT2D eigenvalue weighted by Crippen LogP contribution is 2.21. The van der Waals surface area contributed by atoms with Gasteiger partial charge in [0.15, 0.2) is 0 Å². The fraction of sp³-hybridized carbons (Fsp3) is 0.941. The van der Waals surface area contributed by atoms with E-state index in [1.807, 2.05) is 0 Å². The number of rotatable bonds is 6. The van der Waals surface area contributed by atoms with Gasteiger partial charge in [-0.05, 0) is 50.6 Å². The van der Waals surface area contributed by atoms with Crippen molar-refractivity contribution in [2.75, 3.05) is 39.3 Å². The zero-order chi connectivity index (χ0) is 15.2. The predicted octanol–water partition coefficient (Wildman–Crippen LogP) is 1.95. The molecule has 0 aliphatic carbocycles. The largest absolute Gasteiger partial charge is 0.341 e. The Hall–Kier alpha value is -0.610. The summed E-state index contributed by atoms with van der Waals surface area (Å²) in [5, 5.41) is 3.55. The maximum Gasteiger partial charge on any atom is 0.236 e. The minimum atomic E-state index is 0.333. The highest BCUT2D eigenvalue weighted by atomic mass is 16.2. The molecule has 0 spiro atoms. The van der Waals surface area contributed by atoms with Gasteiger partial charge >= 0.3 is 0 Å². The van der Waals surface area contributed by atoms with Gasteiger partial charge in [-0.15, -0.1) is 0 Å². The van der Waals surface area contributed by atoms with E-state index in [1.54, 1.807) is 0 Å². The lowest BCUT2D eigenvalue weighted by atomic mass is 9.92. The Morgan fingerprint density at radius 1 is 1.29 bits per heavy atom. The highest BCUT2D eigenvalue weighted by Gasteiger charge is 2.27. The van der Waals surface area contributed by atoms with Crippen molar-refractivity contribution in [2.24, 2.45) is 11.8 Å². The van der Waals surface area contributed by atoms with Crippen molar-refractivity contribution < 1.29 is 4.79 Å². The van der Waals surface area contributed by atoms with Gasteiger partial charge in [-0.3, -0.25) is 9.69 Å². The molecule has 3 atom stereocenters. The maximum absolute atomic E-state index is 12.6. The summed E-state index contributed by atoms with van der Waals surface area (Å²) in [6.45, 7) is 12.4. The quantitative estimate of drug-likeness (QED) is 0.813. The van der Waals surface area contributed by atoms with E-state index in [-0.39, 0.29) is 0 Å². The molecule has 2 aliphatic rings. The molecule has 4 heteroatoms. The second-order valence-electron chi connectivity index (χ2n) is 7.27. The molecular formula is C17H33N3O. The monoisotopic (exact) mass is 295 g/mol. The van der Waals surface area contributed by atoms with E-state index >= 15 is 0 Å². The van der Waals surface area contributed by atoms with Crippen LogP contribution in [0.4, 0.5) is 0 Å². The summed E-state index contributed by atoms with van der Waals surface area (Å²) in [4.78, 5) is 17.1. The number of carbonyl (C=O) groups is 1. The maximum atomic E-state index is 12.6. The van der Waals surface area contributed by atoms with Crippen LogP contribution < -0.4 is 5.32 Å². The van der Waals surface area contributed by atoms with E-state index in [1.165, 1.54) is 19.3 Å². The van der Waals surface area contributed by atoms with Gasteiger partial charge in [0.05, 0.1) is 6.54 Å². The van der Waals surface area contributed by atoms with Crippen molar-refractivity contribution >= 4 is 5.91 Å². The third kappa shape index (κ3) is 5.26. The molecule has 0 bridgehead atoms. The molecule has 2 rings (SSSR count). The molecule has 0 saturated carbocycles. The van der Waals surface area contributed by atoms with Crippen molar-refractivity contribution in [1.82, 2.24) is 15.1 Å². The Morgan fingerprint density at radius 2 is 2.00 bits per heavy atom. The van der Waals surface area contributed by atoms with E-state index in [4.69, 9.17) is 0 Å². The smallest absolute Gasteiger partial charge is 0.236 e. The minimum absolute atomic E-state index is 0.333. The minimum Gasteiger partial charge on any atom is -0.341 e. The summed E-state index contributed by atoms with van der Waals surface area (Å²) in [7, 11) is 0. The van der Waals surface area contributed by atoms with Crippen molar-refractivity contribution in [1.29, 1.82) is 0 Å². The van der Waals surface area contributed by atoms with Crippen LogP contribution in [0, 0.1) is 11.8 Å². The molecule has 0 aromatic carbocycles. The first-order chi connectivity index (χ1) is 10.1. The summed E-state index contributed by atoms with van der Waals surface area (Å²) in [5.74, 6) is 1.63. The number of hydrogen-bond acceptors (Lipinski definition) is 3. The number of nitrogens with one attached hydrogen (secondary N) is 1. The van der Waals surface area contributed by atoms with Gasteiger partial charge in [0.1, 0.15) is 0 Å². The van der Waals surface area contributed by atoms with Crippen molar-refractivity contribution in [2.45, 2.75) is 52.5 Å². The van der Waals surface area contributed by atoms with E-state index in [9.17, 15) is 4.79 Å². The lowest BCUT2D eigenvalue weighted by Gasteiger charge is -2.36. The molecule has 0 radical (unpaired) electrons. The molecule has 4 nitrogen and oxygen atoms in total. The number of piperidine rings is 1. The molecule has 0 aromatic heterocycles. The van der Waals surface area contributed by atoms with Crippen LogP contribution in [0.1, 0.15) is 46.5 Å². The molecule has 1 N–H and O–H groups in total. The zero-order valence-electron chi connectivity index (χ0n) is 14.1. The molecule has 122 valence electrons. The van der Waals surface area contributed by atoms with Gasteiger partial charge in [0.2, 0.25) is 5.91 Å². The van der Waals surface area contributed by atoms with Gasteiger partial charge in [0, 0.05) is 25.7 Å². The Bertz CT molecular complexity index is 318. The molecule has 21 heavy (non-hydrogen) atoms. The fourth-order valence-electron chi connectivity index (χ4n) is 3.93. The van der Waals surface area contributed by atoms with Crippen LogP contribution in [-0.2, 0) is 4.79 Å². The van der Waals surface area contributed by atoms with Crippen LogP contribution >= 0.6 is 0 Å². The lowest BCUT2D eigenvalue weighted by molar-refractivity contribution is -0.135. The first-order valence-corrected chi connectivity index (χ1v) is 8.82. The van der Waals surface area contributed by atoms with E-state index in [0.29, 0.717) is 30.3 Å². The van der Waals surface area contributed by atoms with Crippen molar-refractivity contribution in [3.05, 3.63) is 0 Å². The van der Waals surface area contributed by atoms with Crippen molar-refractivity contribution in [3.63, 3.8) is 0 Å². The number of likely N-dealkylation sites (tertiary alicyclic amines) is 1. The molecule has 2 saturated heterocycles. The van der Waals surface area contributed by atoms with Crippen LogP contribution in [-0.4, -0.2) is 61.0 Å². The Kier molecular flexibility index (Phi) is 6.49. The first kappa shape index (κ1) is 16.8. The Balaban J connectivity index is 1.84. The summed E-state index contributed by atoms with van der Waals surface area (Å²) < 4.78 is 0. The zero-order valence-corrected chi connectivity index (χ0v) is 14.1. The van der Waals surface area contributed by atoms with Crippen LogP contribution in [0.5, 0.6) is 0 Å². The van der Waals surface area contributed by atoms with Crippen LogP contribution in [0.2, 0.25) is 0 Å². The second kappa shape index (κ2) is 8.14. The van der Waals surface area contributed by atoms with Crippen molar-refractivity contribution in [3.8, 4) is 0 Å². The Labute approximate surface area is 130 Å². The van der Waals surface area contributed by atoms with Crippen LogP contribution in [0.15, 0.2) is 0 Å². The standard InChI is InChI=1S/C17H33N3O/c1-4-8-19(12-16-6-5-7-18-16)13-17(21)20-10-14(2)9-15(3)11-20/h14-16,18H,4-13H2,1-3H3. The van der Waals surface area contributed by atoms with Gasteiger partial charge in [-0.25, -0.2) is 0 Å². The number of amides is 1. The average Bonchev–Trinajstić information content (AvgIpc) is 2.90. The number of hydrogen-bond donors (Lipinski definition) is 1. The SMILES string of the molecule is CCCN(CC(=O)N1CC(C)CC(C)C1)CC1CCCN1. The van der Waals surface area contributed by atoms with Gasteiger partial charge in [0.25, 0.3) is 0 Å². The van der Waals surface area contributed by atoms with E-state index in [2.05, 4.69) is 35.9 Å². The molecular weight excluding hydrogens is 262 g/mol. The topological polar surface area (TPSA) is 35.6 Å². The summed E-state index contributed by atoms with van der Waals surface area (Å²) in [6.07, 6.45) is 4.91. The fourth-order valence-corrected chi connectivity index (χ4v) is 3.93. The molecule has 0 aromatic rings. The summed E-state index contributed by atoms with van der Waals surface area (Å²) >= 11 is 0. The van der Waals surface area contributed by atoms with Crippen LogP contribution in [0.25, 0.3) is 0 Å². The van der Waals surface area contributed by atoms with E-state index in [0.717, 1.165) is 39.1 Å². The lowest BCUT2D eigenvalue weighted by Crippen LogP contribution is -2.48. The van der Waals surface area contributed by atoms with Gasteiger partial charge in [-0.2, -0.15) is 0 Å². The van der Waals surface area contributed by atoms with E-state index < -0.39 is 0 Å². The molecule has 3 unspecified atom stereocenters. The first-order valence-electron chi connectivity index (χ1n) is 8.82. The second-order valence-corrected chi connectivity index (χ2v) is 7.27. The molecule has 2 aliphatic heterocycles. The normalized spacial score (nSPS) is 30.1. The summed E-state index contributed by atoms with van der Waals surface area (Å²) in [6, 6.07) is 0.587. The molecule has 2 fully saturated rings. The van der Waals surface area contributed by atoms with Gasteiger partial charge in [-0.1, -0.05) is 20.8 Å². The third-order valence-electron chi connectivity index (χ3n) is 4.76. The Morgan fingerprint density at radius 3 is 2.57 bits per heavy atom. The number of carbonyl (C=O) groups excluding carboxylic acids is 1. The van der Waals surface area contributed by atoms with Gasteiger partial charge < -0.3 is 10.2 Å². The van der Waals surface area contributed by atoms with Crippen LogP contribution in [0.3, 0.4) is 0 Å². The third-order valence-corrected chi connectivity index (χ3v) is 4.76. The molecule has 2 heterocycles. The average molecular weight is 295 g/mol.